The van der Waals surface area contributed by atoms with Crippen LogP contribution in [0, 0.1) is 0 Å². The lowest BCUT2D eigenvalue weighted by Gasteiger charge is -2.21. The SMILES string of the molecule is CNc1ccccc1C(=O)N1CCc2ccccc2CC1. The average molecular weight is 280 g/mol. The van der Waals surface area contributed by atoms with E-state index < -0.39 is 0 Å². The topological polar surface area (TPSA) is 32.3 Å². The third kappa shape index (κ3) is 2.77. The van der Waals surface area contributed by atoms with Crippen molar-refractivity contribution in [2.75, 3.05) is 25.5 Å². The van der Waals surface area contributed by atoms with Gasteiger partial charge in [0.2, 0.25) is 0 Å². The van der Waals surface area contributed by atoms with Crippen molar-refractivity contribution in [1.82, 2.24) is 4.90 Å². The fourth-order valence-electron chi connectivity index (χ4n) is 2.93. The Kier molecular flexibility index (Phi) is 3.91. The molecule has 0 fully saturated rings. The predicted octanol–water partition coefficient (Wildman–Crippen LogP) is 2.97. The summed E-state index contributed by atoms with van der Waals surface area (Å²) in [4.78, 5) is 14.7. The molecule has 108 valence electrons. The van der Waals surface area contributed by atoms with Crippen molar-refractivity contribution in [3.63, 3.8) is 0 Å². The lowest BCUT2D eigenvalue weighted by atomic mass is 10.0. The van der Waals surface area contributed by atoms with Crippen LogP contribution in [0.2, 0.25) is 0 Å². The Hall–Kier alpha value is -2.29. The summed E-state index contributed by atoms with van der Waals surface area (Å²) in [5, 5.41) is 3.10. The molecule has 0 saturated heterocycles. The van der Waals surface area contributed by atoms with E-state index >= 15 is 0 Å². The molecule has 0 saturated carbocycles. The van der Waals surface area contributed by atoms with E-state index in [-0.39, 0.29) is 5.91 Å². The number of carbonyl (C=O) groups is 1. The molecular formula is C18H20N2O. The van der Waals surface area contributed by atoms with Gasteiger partial charge in [-0.25, -0.2) is 0 Å². The Morgan fingerprint density at radius 3 is 2.14 bits per heavy atom. The molecule has 2 aromatic carbocycles. The number of hydrogen-bond donors (Lipinski definition) is 1. The van der Waals surface area contributed by atoms with E-state index in [4.69, 9.17) is 0 Å². The minimum absolute atomic E-state index is 0.118. The number of benzene rings is 2. The number of carbonyl (C=O) groups excluding carboxylic acids is 1. The third-order valence-electron chi connectivity index (χ3n) is 4.13. The predicted molar refractivity (Wildman–Crippen MR) is 85.7 cm³/mol. The first-order chi connectivity index (χ1) is 10.3. The van der Waals surface area contributed by atoms with Crippen molar-refractivity contribution in [3.05, 3.63) is 65.2 Å². The lowest BCUT2D eigenvalue weighted by molar-refractivity contribution is 0.0764. The number of para-hydroxylation sites is 1. The highest BCUT2D eigenvalue weighted by Crippen LogP contribution is 2.20. The molecule has 0 radical (unpaired) electrons. The summed E-state index contributed by atoms with van der Waals surface area (Å²) in [5.74, 6) is 0.118. The van der Waals surface area contributed by atoms with Gasteiger partial charge in [-0.05, 0) is 36.1 Å². The first kappa shape index (κ1) is 13.7. The first-order valence-electron chi connectivity index (χ1n) is 7.42. The number of nitrogens with zero attached hydrogens (tertiary/aromatic N) is 1. The second-order valence-electron chi connectivity index (χ2n) is 5.36. The lowest BCUT2D eigenvalue weighted by Crippen LogP contribution is -2.33. The molecule has 21 heavy (non-hydrogen) atoms. The summed E-state index contributed by atoms with van der Waals surface area (Å²) in [6, 6.07) is 16.2. The van der Waals surface area contributed by atoms with Gasteiger partial charge in [0.1, 0.15) is 0 Å². The van der Waals surface area contributed by atoms with Gasteiger partial charge in [0.25, 0.3) is 5.91 Å². The van der Waals surface area contributed by atoms with Crippen molar-refractivity contribution < 1.29 is 4.79 Å². The van der Waals surface area contributed by atoms with Gasteiger partial charge in [-0.3, -0.25) is 4.79 Å². The number of amides is 1. The highest BCUT2D eigenvalue weighted by molar-refractivity contribution is 5.99. The van der Waals surface area contributed by atoms with Crippen LogP contribution in [0.3, 0.4) is 0 Å². The van der Waals surface area contributed by atoms with Gasteiger partial charge in [-0.1, -0.05) is 36.4 Å². The summed E-state index contributed by atoms with van der Waals surface area (Å²) < 4.78 is 0. The van der Waals surface area contributed by atoms with E-state index in [9.17, 15) is 4.79 Å². The van der Waals surface area contributed by atoms with Crippen molar-refractivity contribution in [3.8, 4) is 0 Å². The molecule has 0 bridgehead atoms. The fourth-order valence-corrected chi connectivity index (χ4v) is 2.93. The van der Waals surface area contributed by atoms with Gasteiger partial charge in [0.05, 0.1) is 5.56 Å². The largest absolute Gasteiger partial charge is 0.387 e. The molecule has 0 atom stereocenters. The highest BCUT2D eigenvalue weighted by atomic mass is 16.2. The molecule has 3 rings (SSSR count). The molecule has 1 aliphatic heterocycles. The zero-order chi connectivity index (χ0) is 14.7. The second-order valence-corrected chi connectivity index (χ2v) is 5.36. The second kappa shape index (κ2) is 6.00. The van der Waals surface area contributed by atoms with Crippen molar-refractivity contribution in [2.45, 2.75) is 12.8 Å². The van der Waals surface area contributed by atoms with Crippen LogP contribution in [0.5, 0.6) is 0 Å². The molecule has 0 aromatic heterocycles. The maximum atomic E-state index is 12.8. The number of nitrogens with one attached hydrogen (secondary N) is 1. The van der Waals surface area contributed by atoms with Crippen molar-refractivity contribution >= 4 is 11.6 Å². The van der Waals surface area contributed by atoms with Gasteiger partial charge in [0, 0.05) is 25.8 Å². The highest BCUT2D eigenvalue weighted by Gasteiger charge is 2.21. The number of rotatable bonds is 2. The van der Waals surface area contributed by atoms with Crippen molar-refractivity contribution in [1.29, 1.82) is 0 Å². The summed E-state index contributed by atoms with van der Waals surface area (Å²) >= 11 is 0. The molecular weight excluding hydrogens is 260 g/mol. The Labute approximate surface area is 125 Å². The van der Waals surface area contributed by atoms with Crippen molar-refractivity contribution in [2.24, 2.45) is 0 Å². The molecule has 1 aliphatic rings. The number of anilines is 1. The maximum absolute atomic E-state index is 12.8. The molecule has 1 amide bonds. The van der Waals surface area contributed by atoms with Crippen LogP contribution >= 0.6 is 0 Å². The van der Waals surface area contributed by atoms with Gasteiger partial charge in [-0.2, -0.15) is 0 Å². The third-order valence-corrected chi connectivity index (χ3v) is 4.13. The van der Waals surface area contributed by atoms with E-state index in [0.717, 1.165) is 37.2 Å². The quantitative estimate of drug-likeness (QED) is 0.917. The minimum atomic E-state index is 0.118. The number of fused-ring (bicyclic) bond motifs is 1. The van der Waals surface area contributed by atoms with Gasteiger partial charge in [-0.15, -0.1) is 0 Å². The first-order valence-corrected chi connectivity index (χ1v) is 7.42. The van der Waals surface area contributed by atoms with Crippen LogP contribution in [-0.2, 0) is 12.8 Å². The summed E-state index contributed by atoms with van der Waals surface area (Å²) in [7, 11) is 1.85. The van der Waals surface area contributed by atoms with E-state index in [2.05, 4.69) is 29.6 Å². The monoisotopic (exact) mass is 280 g/mol. The normalized spacial score (nSPS) is 14.2. The molecule has 0 aliphatic carbocycles. The summed E-state index contributed by atoms with van der Waals surface area (Å²) in [6.45, 7) is 1.57. The maximum Gasteiger partial charge on any atom is 0.255 e. The zero-order valence-electron chi connectivity index (χ0n) is 12.3. The minimum Gasteiger partial charge on any atom is -0.387 e. The molecule has 0 unspecified atom stereocenters. The Balaban J connectivity index is 1.81. The van der Waals surface area contributed by atoms with Crippen LogP contribution in [0.4, 0.5) is 5.69 Å². The smallest absolute Gasteiger partial charge is 0.255 e. The van der Waals surface area contributed by atoms with E-state index in [1.807, 2.05) is 36.2 Å². The van der Waals surface area contributed by atoms with Gasteiger partial charge in [0.15, 0.2) is 0 Å². The van der Waals surface area contributed by atoms with Crippen LogP contribution in [0.1, 0.15) is 21.5 Å². The van der Waals surface area contributed by atoms with Crippen LogP contribution in [0.15, 0.2) is 48.5 Å². The van der Waals surface area contributed by atoms with Gasteiger partial charge >= 0.3 is 0 Å². The number of hydrogen-bond acceptors (Lipinski definition) is 2. The van der Waals surface area contributed by atoms with E-state index in [0.29, 0.717) is 0 Å². The Morgan fingerprint density at radius 1 is 0.952 bits per heavy atom. The fraction of sp³-hybridized carbons (Fsp3) is 0.278. The molecule has 2 aromatic rings. The van der Waals surface area contributed by atoms with Gasteiger partial charge < -0.3 is 10.2 Å². The summed E-state index contributed by atoms with van der Waals surface area (Å²) in [6.07, 6.45) is 1.87. The van der Waals surface area contributed by atoms with Crippen LogP contribution in [-0.4, -0.2) is 30.9 Å². The molecule has 1 N–H and O–H groups in total. The zero-order valence-corrected chi connectivity index (χ0v) is 12.3. The summed E-state index contributed by atoms with van der Waals surface area (Å²) in [5.41, 5.74) is 4.39. The molecule has 1 heterocycles. The van der Waals surface area contributed by atoms with Crippen LogP contribution in [0.25, 0.3) is 0 Å². The molecule has 0 spiro atoms. The Bertz CT molecular complexity index is 624. The Morgan fingerprint density at radius 2 is 1.52 bits per heavy atom. The van der Waals surface area contributed by atoms with E-state index in [1.54, 1.807) is 0 Å². The molecule has 3 heteroatoms. The van der Waals surface area contributed by atoms with Crippen LogP contribution < -0.4 is 5.32 Å². The molecule has 3 nitrogen and oxygen atoms in total. The van der Waals surface area contributed by atoms with E-state index in [1.165, 1.54) is 11.1 Å². The average Bonchev–Trinajstić information content (AvgIpc) is 2.77. The standard InChI is InChI=1S/C18H20N2O/c1-19-17-9-5-4-8-16(17)18(21)20-12-10-14-6-2-3-7-15(14)11-13-20/h2-9,19H,10-13H2,1H3.